The van der Waals surface area contributed by atoms with Crippen molar-refractivity contribution in [3.8, 4) is 11.1 Å². The smallest absolute Gasteiger partial charge is 0.0162 e. The van der Waals surface area contributed by atoms with Crippen LogP contribution in [0.3, 0.4) is 0 Å². The lowest BCUT2D eigenvalue weighted by Crippen LogP contribution is -2.23. The van der Waals surface area contributed by atoms with Crippen molar-refractivity contribution in [1.82, 2.24) is 0 Å². The highest BCUT2D eigenvalue weighted by Crippen LogP contribution is 2.45. The molecule has 1 aliphatic rings. The van der Waals surface area contributed by atoms with E-state index in [1.165, 1.54) is 68.1 Å². The normalized spacial score (nSPS) is 23.1. The fourth-order valence-electron chi connectivity index (χ4n) is 4.58. The molecule has 1 fully saturated rings. The zero-order chi connectivity index (χ0) is 18.4. The SMILES string of the molecule is CCCCCC1(C)CCC(c2ccc(-c3ccc(CC)cc3)cc2)CC1. The first-order valence-electron chi connectivity index (χ1n) is 10.8. The summed E-state index contributed by atoms with van der Waals surface area (Å²) in [6, 6.07) is 18.4. The van der Waals surface area contributed by atoms with Crippen LogP contribution >= 0.6 is 0 Å². The Hall–Kier alpha value is -1.56. The molecule has 3 rings (SSSR count). The average molecular weight is 349 g/mol. The van der Waals surface area contributed by atoms with Crippen LogP contribution in [-0.4, -0.2) is 0 Å². The molecule has 0 atom stereocenters. The van der Waals surface area contributed by atoms with Gasteiger partial charge in [-0.05, 0) is 72.1 Å². The molecule has 0 radical (unpaired) electrons. The van der Waals surface area contributed by atoms with Crippen LogP contribution in [0.15, 0.2) is 48.5 Å². The van der Waals surface area contributed by atoms with Crippen LogP contribution in [0.25, 0.3) is 11.1 Å². The summed E-state index contributed by atoms with van der Waals surface area (Å²) in [6.45, 7) is 7.05. The Balaban J connectivity index is 1.59. The van der Waals surface area contributed by atoms with Crippen molar-refractivity contribution in [3.63, 3.8) is 0 Å². The molecular weight excluding hydrogens is 312 g/mol. The van der Waals surface area contributed by atoms with Gasteiger partial charge in [0.1, 0.15) is 0 Å². The molecule has 0 aromatic heterocycles. The van der Waals surface area contributed by atoms with Crippen LogP contribution in [0.1, 0.15) is 89.2 Å². The molecule has 1 aliphatic carbocycles. The predicted molar refractivity (Wildman–Crippen MR) is 115 cm³/mol. The summed E-state index contributed by atoms with van der Waals surface area (Å²) in [5.74, 6) is 0.769. The van der Waals surface area contributed by atoms with Crippen LogP contribution in [-0.2, 0) is 6.42 Å². The first kappa shape index (κ1) is 19.2. The van der Waals surface area contributed by atoms with E-state index in [0.29, 0.717) is 5.41 Å². The number of aryl methyl sites for hydroxylation is 1. The minimum Gasteiger partial charge on any atom is -0.0654 e. The van der Waals surface area contributed by atoms with E-state index in [1.807, 2.05) is 0 Å². The summed E-state index contributed by atoms with van der Waals surface area (Å²) >= 11 is 0. The highest BCUT2D eigenvalue weighted by molar-refractivity contribution is 5.64. The maximum absolute atomic E-state index is 2.53. The predicted octanol–water partition coefficient (Wildman–Crippen LogP) is 8.16. The van der Waals surface area contributed by atoms with E-state index >= 15 is 0 Å². The van der Waals surface area contributed by atoms with Gasteiger partial charge in [0.15, 0.2) is 0 Å². The quantitative estimate of drug-likeness (QED) is 0.443. The summed E-state index contributed by atoms with van der Waals surface area (Å²) < 4.78 is 0. The van der Waals surface area contributed by atoms with E-state index in [4.69, 9.17) is 0 Å². The van der Waals surface area contributed by atoms with Gasteiger partial charge in [-0.15, -0.1) is 0 Å². The zero-order valence-corrected chi connectivity index (χ0v) is 17.1. The first-order chi connectivity index (χ1) is 12.6. The van der Waals surface area contributed by atoms with Crippen LogP contribution in [0.2, 0.25) is 0 Å². The summed E-state index contributed by atoms with van der Waals surface area (Å²) in [7, 11) is 0. The Labute approximate surface area is 161 Å². The molecule has 0 amide bonds. The molecule has 0 unspecified atom stereocenters. The van der Waals surface area contributed by atoms with Gasteiger partial charge in [-0.3, -0.25) is 0 Å². The van der Waals surface area contributed by atoms with Gasteiger partial charge in [0, 0.05) is 0 Å². The van der Waals surface area contributed by atoms with Crippen molar-refractivity contribution >= 4 is 0 Å². The standard InChI is InChI=1S/C26H36/c1-4-6-7-18-26(3)19-16-25(17-20-26)24-14-12-23(13-15-24)22-10-8-21(5-2)9-11-22/h8-15,25H,4-7,16-20H2,1-3H3. The molecule has 26 heavy (non-hydrogen) atoms. The molecule has 1 saturated carbocycles. The summed E-state index contributed by atoms with van der Waals surface area (Å²) in [5.41, 5.74) is 6.24. The first-order valence-corrected chi connectivity index (χ1v) is 10.8. The van der Waals surface area contributed by atoms with Crippen molar-refractivity contribution < 1.29 is 0 Å². The third kappa shape index (κ3) is 4.78. The van der Waals surface area contributed by atoms with Crippen molar-refractivity contribution in [2.45, 2.75) is 84.5 Å². The number of hydrogen-bond donors (Lipinski definition) is 0. The van der Waals surface area contributed by atoms with Gasteiger partial charge in [-0.2, -0.15) is 0 Å². The largest absolute Gasteiger partial charge is 0.0654 e. The Morgan fingerprint density at radius 2 is 1.38 bits per heavy atom. The monoisotopic (exact) mass is 348 g/mol. The van der Waals surface area contributed by atoms with Gasteiger partial charge in [0.2, 0.25) is 0 Å². The number of hydrogen-bond acceptors (Lipinski definition) is 0. The van der Waals surface area contributed by atoms with Gasteiger partial charge in [0.25, 0.3) is 0 Å². The lowest BCUT2D eigenvalue weighted by Gasteiger charge is -2.38. The third-order valence-electron chi connectivity index (χ3n) is 6.65. The molecule has 0 spiro atoms. The molecule has 0 N–H and O–H groups in total. The van der Waals surface area contributed by atoms with Crippen molar-refractivity contribution in [1.29, 1.82) is 0 Å². The van der Waals surface area contributed by atoms with E-state index in [-0.39, 0.29) is 0 Å². The van der Waals surface area contributed by atoms with E-state index in [1.54, 1.807) is 5.56 Å². The van der Waals surface area contributed by atoms with E-state index in [0.717, 1.165) is 12.3 Å². The topological polar surface area (TPSA) is 0 Å². The minimum absolute atomic E-state index is 0.604. The maximum atomic E-state index is 2.53. The molecule has 0 nitrogen and oxygen atoms in total. The van der Waals surface area contributed by atoms with Gasteiger partial charge >= 0.3 is 0 Å². The van der Waals surface area contributed by atoms with E-state index < -0.39 is 0 Å². The minimum atomic E-state index is 0.604. The van der Waals surface area contributed by atoms with Crippen molar-refractivity contribution in [3.05, 3.63) is 59.7 Å². The molecule has 2 aromatic rings. The van der Waals surface area contributed by atoms with Gasteiger partial charge in [0.05, 0.1) is 0 Å². The lowest BCUT2D eigenvalue weighted by molar-refractivity contribution is 0.178. The Bertz CT molecular complexity index is 654. The van der Waals surface area contributed by atoms with Crippen molar-refractivity contribution in [2.24, 2.45) is 5.41 Å². The van der Waals surface area contributed by atoms with Crippen LogP contribution < -0.4 is 0 Å². The summed E-state index contributed by atoms with van der Waals surface area (Å²) in [4.78, 5) is 0. The zero-order valence-electron chi connectivity index (χ0n) is 17.1. The van der Waals surface area contributed by atoms with Crippen LogP contribution in [0.5, 0.6) is 0 Å². The van der Waals surface area contributed by atoms with E-state index in [9.17, 15) is 0 Å². The fraction of sp³-hybridized carbons (Fsp3) is 0.538. The molecule has 0 bridgehead atoms. The third-order valence-corrected chi connectivity index (χ3v) is 6.65. The maximum Gasteiger partial charge on any atom is -0.0162 e. The summed E-state index contributed by atoms with van der Waals surface area (Å²) in [5, 5.41) is 0. The number of rotatable bonds is 7. The van der Waals surface area contributed by atoms with Gasteiger partial charge in [-0.1, -0.05) is 88.6 Å². The fourth-order valence-corrected chi connectivity index (χ4v) is 4.58. The molecule has 0 saturated heterocycles. The molecule has 0 aliphatic heterocycles. The van der Waals surface area contributed by atoms with Gasteiger partial charge < -0.3 is 0 Å². The van der Waals surface area contributed by atoms with Crippen molar-refractivity contribution in [2.75, 3.05) is 0 Å². The highest BCUT2D eigenvalue weighted by atomic mass is 14.4. The second-order valence-corrected chi connectivity index (χ2v) is 8.71. The Kier molecular flexibility index (Phi) is 6.57. The van der Waals surface area contributed by atoms with Crippen LogP contribution in [0, 0.1) is 5.41 Å². The summed E-state index contributed by atoms with van der Waals surface area (Å²) in [6.07, 6.45) is 12.2. The molecule has 140 valence electrons. The second-order valence-electron chi connectivity index (χ2n) is 8.71. The molecule has 0 heteroatoms. The molecule has 0 heterocycles. The highest BCUT2D eigenvalue weighted by Gasteiger charge is 2.30. The molecular formula is C26H36. The van der Waals surface area contributed by atoms with Gasteiger partial charge in [-0.25, -0.2) is 0 Å². The second kappa shape index (κ2) is 8.89. The van der Waals surface area contributed by atoms with Crippen LogP contribution in [0.4, 0.5) is 0 Å². The Morgan fingerprint density at radius 1 is 0.808 bits per heavy atom. The number of benzene rings is 2. The Morgan fingerprint density at radius 3 is 1.92 bits per heavy atom. The molecule has 2 aromatic carbocycles. The average Bonchev–Trinajstić information content (AvgIpc) is 2.69. The van der Waals surface area contributed by atoms with E-state index in [2.05, 4.69) is 69.3 Å². The lowest BCUT2D eigenvalue weighted by atomic mass is 9.68. The number of unbranched alkanes of at least 4 members (excludes halogenated alkanes) is 2.